The van der Waals surface area contributed by atoms with E-state index in [1.54, 1.807) is 6.07 Å². The van der Waals surface area contributed by atoms with Crippen LogP contribution in [0.1, 0.15) is 34.9 Å². The Kier molecular flexibility index (Phi) is 9.76. The molecule has 2 aromatic carbocycles. The third-order valence-corrected chi connectivity index (χ3v) is 8.81. The minimum atomic E-state index is -4.76. The number of nitrogens with zero attached hydrogens (tertiary/aromatic N) is 2. The number of carbonyl (C=O) groups is 1. The number of halogens is 8. The fourth-order valence-electron chi connectivity index (χ4n) is 3.92. The van der Waals surface area contributed by atoms with E-state index in [1.807, 2.05) is 0 Å². The van der Waals surface area contributed by atoms with Crippen LogP contribution in [0.4, 0.5) is 32.0 Å². The summed E-state index contributed by atoms with van der Waals surface area (Å²) in [6.45, 7) is 0. The summed E-state index contributed by atoms with van der Waals surface area (Å²) in [4.78, 5) is 20.0. The van der Waals surface area contributed by atoms with Crippen LogP contribution in [0.3, 0.4) is 0 Å². The third kappa shape index (κ3) is 7.98. The van der Waals surface area contributed by atoms with Gasteiger partial charge in [0, 0.05) is 30.6 Å². The average molecular weight is 678 g/mol. The highest BCUT2D eigenvalue weighted by atomic mass is 35.5. The number of anilines is 1. The van der Waals surface area contributed by atoms with Gasteiger partial charge in [0.15, 0.2) is 9.84 Å². The number of amides is 1. The second-order valence-corrected chi connectivity index (χ2v) is 12.1. The Morgan fingerprint density at radius 3 is 2.07 bits per heavy atom. The fraction of sp³-hybridized carbons (Fsp3) is 0.179. The first-order chi connectivity index (χ1) is 20.6. The van der Waals surface area contributed by atoms with Gasteiger partial charge >= 0.3 is 12.4 Å². The van der Waals surface area contributed by atoms with Crippen molar-refractivity contribution < 1.29 is 44.3 Å². The van der Waals surface area contributed by atoms with Crippen molar-refractivity contribution in [3.63, 3.8) is 0 Å². The molecule has 0 radical (unpaired) electrons. The number of pyridine rings is 2. The maximum atomic E-state index is 13.5. The van der Waals surface area contributed by atoms with Crippen LogP contribution >= 0.6 is 23.2 Å². The van der Waals surface area contributed by atoms with Crippen LogP contribution in [0.2, 0.25) is 10.0 Å². The Balaban J connectivity index is 1.50. The number of sulfone groups is 1. The lowest BCUT2D eigenvalue weighted by Crippen LogP contribution is -2.20. The molecule has 0 bridgehead atoms. The molecule has 0 spiro atoms. The van der Waals surface area contributed by atoms with Crippen molar-refractivity contribution >= 4 is 44.6 Å². The molecule has 0 aliphatic rings. The molecule has 4 rings (SSSR count). The molecule has 2 heterocycles. The van der Waals surface area contributed by atoms with Crippen LogP contribution in [0.15, 0.2) is 84.0 Å². The lowest BCUT2D eigenvalue weighted by atomic mass is 10.1. The molecule has 0 aliphatic heterocycles. The van der Waals surface area contributed by atoms with Gasteiger partial charge in [-0.25, -0.2) is 13.4 Å². The van der Waals surface area contributed by atoms with Crippen LogP contribution in [-0.2, 0) is 27.0 Å². The quantitative estimate of drug-likeness (QED) is 0.178. The largest absolute Gasteiger partial charge is 0.437 e. The highest BCUT2D eigenvalue weighted by molar-refractivity contribution is 7.91. The summed E-state index contributed by atoms with van der Waals surface area (Å²) in [6.07, 6.45) is -9.08. The molecule has 44 heavy (non-hydrogen) atoms. The SMILES string of the molecule is O=C(CC[C@H](c1ncc(C(F)(F)F)cc1Cl)S(=O)(=O)c1ccccc1)Nc1ccc(Oc2ccc(C(F)(F)F)cn2)c(Cl)c1. The summed E-state index contributed by atoms with van der Waals surface area (Å²) in [5, 5.41) is 0.389. The molecule has 4 aromatic rings. The predicted molar refractivity (Wildman–Crippen MR) is 149 cm³/mol. The van der Waals surface area contributed by atoms with Crippen molar-refractivity contribution in [1.29, 1.82) is 0 Å². The van der Waals surface area contributed by atoms with Crippen LogP contribution in [0.5, 0.6) is 11.6 Å². The van der Waals surface area contributed by atoms with Crippen molar-refractivity contribution in [2.24, 2.45) is 0 Å². The Bertz CT molecular complexity index is 1750. The number of aromatic nitrogens is 2. The molecular formula is C28H19Cl2F6N3O4S. The van der Waals surface area contributed by atoms with Gasteiger partial charge < -0.3 is 10.1 Å². The molecular weight excluding hydrogens is 659 g/mol. The molecule has 0 saturated carbocycles. The number of ether oxygens (including phenoxy) is 1. The van der Waals surface area contributed by atoms with E-state index in [2.05, 4.69) is 15.3 Å². The number of rotatable bonds is 9. The van der Waals surface area contributed by atoms with Gasteiger partial charge in [-0.1, -0.05) is 41.4 Å². The van der Waals surface area contributed by atoms with Crippen molar-refractivity contribution in [2.75, 3.05) is 5.32 Å². The fourth-order valence-corrected chi connectivity index (χ4v) is 6.28. The summed E-state index contributed by atoms with van der Waals surface area (Å²) in [5.41, 5.74) is -2.32. The van der Waals surface area contributed by atoms with Crippen molar-refractivity contribution in [3.05, 3.63) is 106 Å². The Hall–Kier alpha value is -3.88. The molecule has 232 valence electrons. The van der Waals surface area contributed by atoms with Crippen LogP contribution < -0.4 is 10.1 Å². The first-order valence-electron chi connectivity index (χ1n) is 12.4. The summed E-state index contributed by atoms with van der Waals surface area (Å²) in [7, 11) is -4.26. The van der Waals surface area contributed by atoms with Crippen molar-refractivity contribution in [2.45, 2.75) is 35.3 Å². The molecule has 0 unspecified atom stereocenters. The Morgan fingerprint density at radius 2 is 1.50 bits per heavy atom. The van der Waals surface area contributed by atoms with E-state index in [4.69, 9.17) is 27.9 Å². The van der Waals surface area contributed by atoms with Crippen molar-refractivity contribution in [1.82, 2.24) is 9.97 Å². The summed E-state index contributed by atoms with van der Waals surface area (Å²) in [5.74, 6) is -0.817. The summed E-state index contributed by atoms with van der Waals surface area (Å²) in [6, 6.07) is 13.4. The van der Waals surface area contributed by atoms with Gasteiger partial charge in [0.2, 0.25) is 11.8 Å². The van der Waals surface area contributed by atoms with Gasteiger partial charge in [-0.15, -0.1) is 0 Å². The highest BCUT2D eigenvalue weighted by Gasteiger charge is 2.36. The zero-order chi connectivity index (χ0) is 32.3. The van der Waals surface area contributed by atoms with E-state index in [0.29, 0.717) is 18.5 Å². The van der Waals surface area contributed by atoms with Crippen molar-refractivity contribution in [3.8, 4) is 11.6 Å². The highest BCUT2D eigenvalue weighted by Crippen LogP contribution is 2.39. The van der Waals surface area contributed by atoms with Crippen LogP contribution in [0, 0.1) is 0 Å². The molecule has 7 nitrogen and oxygen atoms in total. The topological polar surface area (TPSA) is 98.2 Å². The number of hydrogen-bond acceptors (Lipinski definition) is 6. The first-order valence-corrected chi connectivity index (χ1v) is 14.7. The molecule has 1 amide bonds. The predicted octanol–water partition coefficient (Wildman–Crippen LogP) is 8.55. The summed E-state index contributed by atoms with van der Waals surface area (Å²) >= 11 is 12.3. The number of hydrogen-bond donors (Lipinski definition) is 1. The van der Waals surface area contributed by atoms with E-state index in [0.717, 1.165) is 12.1 Å². The third-order valence-electron chi connectivity index (χ3n) is 6.08. The number of nitrogens with one attached hydrogen (secondary N) is 1. The zero-order valence-corrected chi connectivity index (χ0v) is 24.3. The number of alkyl halides is 6. The van der Waals surface area contributed by atoms with E-state index in [-0.39, 0.29) is 32.9 Å². The molecule has 16 heteroatoms. The normalized spacial score (nSPS) is 12.9. The Morgan fingerprint density at radius 1 is 0.841 bits per heavy atom. The zero-order valence-electron chi connectivity index (χ0n) is 22.0. The molecule has 1 atom stereocenters. The smallest absolute Gasteiger partial charge is 0.417 e. The van der Waals surface area contributed by atoms with Gasteiger partial charge in [0.25, 0.3) is 0 Å². The second kappa shape index (κ2) is 13.0. The van der Waals surface area contributed by atoms with Gasteiger partial charge in [-0.05, 0) is 48.9 Å². The summed E-state index contributed by atoms with van der Waals surface area (Å²) < 4.78 is 110. The Labute approximate surface area is 256 Å². The minimum absolute atomic E-state index is 0.0222. The maximum Gasteiger partial charge on any atom is 0.417 e. The molecule has 2 aromatic heterocycles. The molecule has 0 aliphatic carbocycles. The van der Waals surface area contributed by atoms with Gasteiger partial charge in [0.1, 0.15) is 11.0 Å². The van der Waals surface area contributed by atoms with Gasteiger partial charge in [-0.2, -0.15) is 26.3 Å². The van der Waals surface area contributed by atoms with E-state index in [9.17, 15) is 39.6 Å². The van der Waals surface area contributed by atoms with Crippen LogP contribution in [-0.4, -0.2) is 24.3 Å². The number of benzene rings is 2. The second-order valence-electron chi connectivity index (χ2n) is 9.15. The van der Waals surface area contributed by atoms with E-state index < -0.39 is 62.3 Å². The molecule has 1 N–H and O–H groups in total. The molecule has 0 saturated heterocycles. The number of carbonyl (C=O) groups excluding carboxylic acids is 1. The van der Waals surface area contributed by atoms with Gasteiger partial charge in [-0.3, -0.25) is 9.78 Å². The van der Waals surface area contributed by atoms with E-state index in [1.165, 1.54) is 42.5 Å². The lowest BCUT2D eigenvalue weighted by Gasteiger charge is -2.19. The monoisotopic (exact) mass is 677 g/mol. The standard InChI is InChI=1S/C28H19Cl2F6N3O4S/c29-20-13-18(7-8-22(20)43-25-11-6-16(14-37-25)27(31,32)33)39-24(40)10-9-23(44(41,42)19-4-2-1-3-5-19)26-21(30)12-17(15-38-26)28(34,35)36/h1-8,11-15,23H,9-10H2,(H,39,40)/t23-/m1/s1. The van der Waals surface area contributed by atoms with Crippen LogP contribution in [0.25, 0.3) is 0 Å². The lowest BCUT2D eigenvalue weighted by molar-refractivity contribution is -0.138. The maximum absolute atomic E-state index is 13.5. The minimum Gasteiger partial charge on any atom is -0.437 e. The molecule has 0 fully saturated rings. The average Bonchev–Trinajstić information content (AvgIpc) is 2.95. The van der Waals surface area contributed by atoms with E-state index >= 15 is 0 Å². The first kappa shape index (κ1) is 33.0. The van der Waals surface area contributed by atoms with Gasteiger partial charge in [0.05, 0.1) is 31.8 Å².